The van der Waals surface area contributed by atoms with Gasteiger partial charge in [0.1, 0.15) is 17.7 Å². The quantitative estimate of drug-likeness (QED) is 0.369. The van der Waals surface area contributed by atoms with Crippen molar-refractivity contribution in [1.82, 2.24) is 15.0 Å². The van der Waals surface area contributed by atoms with E-state index in [1.54, 1.807) is 0 Å². The van der Waals surface area contributed by atoms with Crippen molar-refractivity contribution >= 4 is 22.7 Å². The van der Waals surface area contributed by atoms with Gasteiger partial charge < -0.3 is 30.4 Å². The third-order valence-corrected chi connectivity index (χ3v) is 6.27. The topological polar surface area (TPSA) is 137 Å². The third-order valence-electron chi connectivity index (χ3n) is 6.27. The van der Waals surface area contributed by atoms with E-state index in [1.807, 2.05) is 32.9 Å². The Kier molecular flexibility index (Phi) is 6.54. The second-order valence-corrected chi connectivity index (χ2v) is 10.6. The fraction of sp³-hybridized carbons (Fsp3) is 0.560. The fourth-order valence-corrected chi connectivity index (χ4v) is 4.51. The molecule has 0 aromatic carbocycles. The van der Waals surface area contributed by atoms with Gasteiger partial charge >= 0.3 is 0 Å². The van der Waals surface area contributed by atoms with Gasteiger partial charge in [-0.25, -0.2) is 4.98 Å². The molecular formula is C25H35N5O4. The van der Waals surface area contributed by atoms with Crippen molar-refractivity contribution in [1.29, 1.82) is 0 Å². The van der Waals surface area contributed by atoms with E-state index in [0.29, 0.717) is 47.3 Å². The smallest absolute Gasteiger partial charge is 0.224 e. The van der Waals surface area contributed by atoms with Crippen LogP contribution < -0.4 is 10.6 Å². The Morgan fingerprint density at radius 3 is 2.41 bits per heavy atom. The molecule has 4 rings (SSSR count). The van der Waals surface area contributed by atoms with Crippen LogP contribution in [0, 0.1) is 32.1 Å². The van der Waals surface area contributed by atoms with Gasteiger partial charge in [-0.1, -0.05) is 20.8 Å². The van der Waals surface area contributed by atoms with Crippen LogP contribution in [0.25, 0.3) is 22.3 Å². The zero-order valence-electron chi connectivity index (χ0n) is 20.7. The highest BCUT2D eigenvalue weighted by molar-refractivity contribution is 5.87. The van der Waals surface area contributed by atoms with Gasteiger partial charge in [-0.15, -0.1) is 0 Å². The first-order chi connectivity index (χ1) is 16.0. The zero-order chi connectivity index (χ0) is 24.8. The minimum atomic E-state index is -1.03. The third kappa shape index (κ3) is 4.87. The lowest BCUT2D eigenvalue weighted by Crippen LogP contribution is -2.35. The van der Waals surface area contributed by atoms with Crippen molar-refractivity contribution in [2.75, 3.05) is 23.8 Å². The summed E-state index contributed by atoms with van der Waals surface area (Å²) in [6, 6.07) is 3.44. The van der Waals surface area contributed by atoms with Crippen molar-refractivity contribution in [3.05, 3.63) is 29.2 Å². The molecule has 9 nitrogen and oxygen atoms in total. The summed E-state index contributed by atoms with van der Waals surface area (Å²) in [6.07, 6.45) is -1.62. The number of aromatic nitrogens is 3. The first-order valence-corrected chi connectivity index (χ1v) is 11.7. The van der Waals surface area contributed by atoms with Crippen LogP contribution in [0.4, 0.5) is 11.8 Å². The molecule has 3 heterocycles. The van der Waals surface area contributed by atoms with Gasteiger partial charge in [-0.05, 0) is 44.7 Å². The van der Waals surface area contributed by atoms with Crippen LogP contribution in [0.2, 0.25) is 0 Å². The summed E-state index contributed by atoms with van der Waals surface area (Å²) in [5.41, 5.74) is 3.84. The number of hydrogen-bond acceptors (Lipinski definition) is 9. The lowest BCUT2D eigenvalue weighted by atomic mass is 9.97. The van der Waals surface area contributed by atoms with Gasteiger partial charge in [0.15, 0.2) is 5.58 Å². The van der Waals surface area contributed by atoms with Crippen molar-refractivity contribution in [3.63, 3.8) is 0 Å². The molecule has 1 fully saturated rings. The molecule has 184 valence electrons. The molecule has 0 radical (unpaired) electrons. The van der Waals surface area contributed by atoms with Crippen molar-refractivity contribution in [2.45, 2.75) is 66.2 Å². The minimum Gasteiger partial charge on any atom is -0.454 e. The SMILES string of the molecule is Cc1cc2cc(-c3c(C)nc(NCC(C)(C)C)nc3N[C@@H]3C[C@H](CO)[C@@H](O)[C@H]3O)oc2c(C)n1. The number of fused-ring (bicyclic) bond motifs is 1. The fourth-order valence-electron chi connectivity index (χ4n) is 4.51. The maximum Gasteiger partial charge on any atom is 0.224 e. The molecule has 0 saturated heterocycles. The molecule has 4 atom stereocenters. The average Bonchev–Trinajstić information content (AvgIpc) is 3.28. The molecule has 0 amide bonds. The van der Waals surface area contributed by atoms with Gasteiger partial charge in [-0.3, -0.25) is 4.98 Å². The van der Waals surface area contributed by atoms with Crippen molar-refractivity contribution in [2.24, 2.45) is 11.3 Å². The van der Waals surface area contributed by atoms with Gasteiger partial charge in [0.25, 0.3) is 0 Å². The van der Waals surface area contributed by atoms with Crippen LogP contribution in [0.5, 0.6) is 0 Å². The molecule has 3 aromatic rings. The number of nitrogens with one attached hydrogen (secondary N) is 2. The van der Waals surface area contributed by atoms with E-state index in [-0.39, 0.29) is 12.0 Å². The first-order valence-electron chi connectivity index (χ1n) is 11.7. The molecule has 9 heteroatoms. The van der Waals surface area contributed by atoms with Gasteiger partial charge in [0.2, 0.25) is 5.95 Å². The standard InChI is InChI=1S/C25H35N5O4/c1-12-7-15-9-18(34-22(15)14(3)27-12)19-13(2)28-24(26-11-25(4,5)6)30-23(19)29-17-8-16(10-31)20(32)21(17)33/h7,9,16-17,20-21,31-33H,8,10-11H2,1-6H3,(H2,26,28,29,30)/t16-,17-,20-,21+/m1/s1. The van der Waals surface area contributed by atoms with Crippen LogP contribution in [0.15, 0.2) is 16.5 Å². The van der Waals surface area contributed by atoms with Gasteiger partial charge in [0, 0.05) is 30.1 Å². The van der Waals surface area contributed by atoms with E-state index in [4.69, 9.17) is 9.40 Å². The molecule has 0 aliphatic heterocycles. The lowest BCUT2D eigenvalue weighted by Gasteiger charge is -2.22. The number of aliphatic hydroxyl groups excluding tert-OH is 3. The molecule has 34 heavy (non-hydrogen) atoms. The summed E-state index contributed by atoms with van der Waals surface area (Å²) in [4.78, 5) is 13.9. The summed E-state index contributed by atoms with van der Waals surface area (Å²) in [7, 11) is 0. The molecule has 1 aliphatic carbocycles. The number of pyridine rings is 1. The highest BCUT2D eigenvalue weighted by Crippen LogP contribution is 2.37. The maximum absolute atomic E-state index is 10.6. The second-order valence-electron chi connectivity index (χ2n) is 10.6. The van der Waals surface area contributed by atoms with Crippen LogP contribution in [-0.4, -0.2) is 61.7 Å². The largest absolute Gasteiger partial charge is 0.454 e. The van der Waals surface area contributed by atoms with Crippen LogP contribution in [0.3, 0.4) is 0 Å². The van der Waals surface area contributed by atoms with E-state index < -0.39 is 24.2 Å². The van der Waals surface area contributed by atoms with E-state index in [1.165, 1.54) is 0 Å². The Labute approximate surface area is 199 Å². The van der Waals surface area contributed by atoms with Crippen LogP contribution >= 0.6 is 0 Å². The Bertz CT molecular complexity index is 1190. The molecule has 1 saturated carbocycles. The number of hydrogen-bond donors (Lipinski definition) is 5. The van der Waals surface area contributed by atoms with E-state index in [0.717, 1.165) is 16.8 Å². The summed E-state index contributed by atoms with van der Waals surface area (Å²) in [6.45, 7) is 12.6. The normalized spacial score (nSPS) is 23.0. The number of anilines is 2. The Hall–Kier alpha value is -2.75. The highest BCUT2D eigenvalue weighted by atomic mass is 16.3. The first kappa shape index (κ1) is 24.4. The number of furan rings is 1. The molecular weight excluding hydrogens is 434 g/mol. The molecule has 0 spiro atoms. The number of rotatable bonds is 6. The van der Waals surface area contributed by atoms with Crippen LogP contribution in [0.1, 0.15) is 44.3 Å². The molecule has 0 bridgehead atoms. The van der Waals surface area contributed by atoms with Crippen molar-refractivity contribution < 1.29 is 19.7 Å². The molecule has 0 unspecified atom stereocenters. The Morgan fingerprint density at radius 1 is 1.03 bits per heavy atom. The predicted octanol–water partition coefficient (Wildman–Crippen LogP) is 3.18. The second kappa shape index (κ2) is 9.13. The van der Waals surface area contributed by atoms with E-state index >= 15 is 0 Å². The summed E-state index contributed by atoms with van der Waals surface area (Å²) >= 11 is 0. The number of nitrogens with zero attached hydrogens (tertiary/aromatic N) is 3. The number of aryl methyl sites for hydroxylation is 3. The Morgan fingerprint density at radius 2 is 1.76 bits per heavy atom. The molecule has 3 aromatic heterocycles. The van der Waals surface area contributed by atoms with E-state index in [2.05, 4.69) is 41.4 Å². The van der Waals surface area contributed by atoms with E-state index in [9.17, 15) is 15.3 Å². The van der Waals surface area contributed by atoms with Gasteiger partial charge in [-0.2, -0.15) is 4.98 Å². The number of aliphatic hydroxyl groups is 3. The molecule has 5 N–H and O–H groups in total. The minimum absolute atomic E-state index is 0.0325. The highest BCUT2D eigenvalue weighted by Gasteiger charge is 2.41. The summed E-state index contributed by atoms with van der Waals surface area (Å²) in [5.74, 6) is 1.16. The maximum atomic E-state index is 10.6. The summed E-state index contributed by atoms with van der Waals surface area (Å²) in [5, 5.41) is 38.0. The predicted molar refractivity (Wildman–Crippen MR) is 132 cm³/mol. The summed E-state index contributed by atoms with van der Waals surface area (Å²) < 4.78 is 6.22. The van der Waals surface area contributed by atoms with Crippen LogP contribution in [-0.2, 0) is 0 Å². The zero-order valence-corrected chi connectivity index (χ0v) is 20.7. The Balaban J connectivity index is 1.78. The lowest BCUT2D eigenvalue weighted by molar-refractivity contribution is 0.00446. The van der Waals surface area contributed by atoms with Crippen molar-refractivity contribution in [3.8, 4) is 11.3 Å². The monoisotopic (exact) mass is 469 g/mol. The van der Waals surface area contributed by atoms with Gasteiger partial charge in [0.05, 0.1) is 29.1 Å². The average molecular weight is 470 g/mol. The molecule has 1 aliphatic rings.